The van der Waals surface area contributed by atoms with E-state index in [2.05, 4.69) is 6.92 Å². The zero-order valence-electron chi connectivity index (χ0n) is 11.1. The molecular weight excluding hydrogens is 250 g/mol. The number of benzene rings is 1. The van der Waals surface area contributed by atoms with Crippen LogP contribution in [0, 0.1) is 5.92 Å². The Labute approximate surface area is 113 Å². The number of hydrogen-bond donors (Lipinski definition) is 1. The molecule has 3 nitrogen and oxygen atoms in total. The fourth-order valence-corrected chi connectivity index (χ4v) is 3.03. The van der Waals surface area contributed by atoms with E-state index in [1.807, 2.05) is 6.07 Å². The lowest BCUT2D eigenvalue weighted by Crippen LogP contribution is -2.14. The Kier molecular flexibility index (Phi) is 4.03. The summed E-state index contributed by atoms with van der Waals surface area (Å²) in [7, 11) is 3.26. The number of nitrogens with two attached hydrogens (primary N) is 1. The van der Waals surface area contributed by atoms with Gasteiger partial charge in [0, 0.05) is 22.7 Å². The van der Waals surface area contributed by atoms with Crippen LogP contribution in [0.2, 0.25) is 5.02 Å². The largest absolute Gasteiger partial charge is 0.493 e. The fourth-order valence-electron chi connectivity index (χ4n) is 2.73. The van der Waals surface area contributed by atoms with Gasteiger partial charge in [-0.25, -0.2) is 0 Å². The average Bonchev–Trinajstić information content (AvgIpc) is 2.49. The van der Waals surface area contributed by atoms with Gasteiger partial charge in [-0.05, 0) is 30.7 Å². The highest BCUT2D eigenvalue weighted by Crippen LogP contribution is 2.44. The number of halogens is 1. The summed E-state index contributed by atoms with van der Waals surface area (Å²) in [5.74, 6) is 1.99. The molecule has 0 saturated heterocycles. The summed E-state index contributed by atoms with van der Waals surface area (Å²) in [5, 5.41) is 0.729. The van der Waals surface area contributed by atoms with Gasteiger partial charge in [-0.15, -0.1) is 0 Å². The van der Waals surface area contributed by atoms with E-state index >= 15 is 0 Å². The van der Waals surface area contributed by atoms with Crippen molar-refractivity contribution in [1.82, 2.24) is 0 Å². The molecule has 0 saturated carbocycles. The molecular formula is C14H20ClNO2. The summed E-state index contributed by atoms with van der Waals surface area (Å²) in [6, 6.07) is 1.78. The molecule has 0 aliphatic heterocycles. The van der Waals surface area contributed by atoms with E-state index in [4.69, 9.17) is 26.8 Å². The van der Waals surface area contributed by atoms with E-state index in [0.717, 1.165) is 41.2 Å². The molecule has 4 heteroatoms. The lowest BCUT2D eigenvalue weighted by Gasteiger charge is -2.20. The van der Waals surface area contributed by atoms with E-state index in [1.54, 1.807) is 14.2 Å². The Morgan fingerprint density at radius 1 is 1.33 bits per heavy atom. The first-order valence-electron chi connectivity index (χ1n) is 6.27. The van der Waals surface area contributed by atoms with Crippen LogP contribution in [0.4, 0.5) is 0 Å². The third kappa shape index (κ3) is 2.29. The summed E-state index contributed by atoms with van der Waals surface area (Å²) in [4.78, 5) is 0. The van der Waals surface area contributed by atoms with E-state index in [9.17, 15) is 0 Å². The van der Waals surface area contributed by atoms with Crippen molar-refractivity contribution in [3.63, 3.8) is 0 Å². The van der Waals surface area contributed by atoms with Crippen LogP contribution in [0.5, 0.6) is 11.5 Å². The second-order valence-corrected chi connectivity index (χ2v) is 5.38. The van der Waals surface area contributed by atoms with Crippen molar-refractivity contribution in [2.24, 2.45) is 11.7 Å². The topological polar surface area (TPSA) is 44.5 Å². The van der Waals surface area contributed by atoms with Crippen molar-refractivity contribution < 1.29 is 9.47 Å². The van der Waals surface area contributed by atoms with Crippen molar-refractivity contribution in [2.45, 2.75) is 32.2 Å². The Morgan fingerprint density at radius 3 is 2.67 bits per heavy atom. The molecule has 0 aromatic heterocycles. The summed E-state index contributed by atoms with van der Waals surface area (Å²) in [5.41, 5.74) is 8.45. The predicted octanol–water partition coefficient (Wildman–Crippen LogP) is 3.33. The van der Waals surface area contributed by atoms with Gasteiger partial charge in [0.25, 0.3) is 0 Å². The molecule has 18 heavy (non-hydrogen) atoms. The van der Waals surface area contributed by atoms with Gasteiger partial charge in [0.2, 0.25) is 0 Å². The number of rotatable bonds is 2. The van der Waals surface area contributed by atoms with Crippen LogP contribution >= 0.6 is 11.6 Å². The highest BCUT2D eigenvalue weighted by molar-refractivity contribution is 6.31. The van der Waals surface area contributed by atoms with E-state index < -0.39 is 0 Å². The molecule has 100 valence electrons. The molecule has 0 amide bonds. The van der Waals surface area contributed by atoms with Crippen molar-refractivity contribution in [2.75, 3.05) is 14.2 Å². The van der Waals surface area contributed by atoms with Gasteiger partial charge in [0.15, 0.2) is 11.5 Å². The first-order chi connectivity index (χ1) is 8.58. The highest BCUT2D eigenvalue weighted by Gasteiger charge is 2.27. The van der Waals surface area contributed by atoms with Gasteiger partial charge < -0.3 is 15.2 Å². The maximum Gasteiger partial charge on any atom is 0.165 e. The number of methoxy groups -OCH3 is 2. The van der Waals surface area contributed by atoms with Gasteiger partial charge >= 0.3 is 0 Å². The van der Waals surface area contributed by atoms with Crippen molar-refractivity contribution in [3.8, 4) is 11.5 Å². The molecule has 0 radical (unpaired) electrons. The van der Waals surface area contributed by atoms with Crippen LogP contribution in [0.1, 0.15) is 36.9 Å². The van der Waals surface area contributed by atoms with Gasteiger partial charge in [-0.1, -0.05) is 18.5 Å². The average molecular weight is 270 g/mol. The molecule has 2 rings (SSSR count). The van der Waals surface area contributed by atoms with Crippen molar-refractivity contribution in [3.05, 3.63) is 22.2 Å². The molecule has 0 heterocycles. The van der Waals surface area contributed by atoms with Gasteiger partial charge in [-0.3, -0.25) is 0 Å². The van der Waals surface area contributed by atoms with Crippen molar-refractivity contribution in [1.29, 1.82) is 0 Å². The molecule has 1 aliphatic rings. The zero-order valence-corrected chi connectivity index (χ0v) is 11.9. The molecule has 1 aliphatic carbocycles. The third-order valence-electron chi connectivity index (χ3n) is 3.68. The van der Waals surface area contributed by atoms with Crippen LogP contribution in [0.25, 0.3) is 0 Å². The van der Waals surface area contributed by atoms with Gasteiger partial charge in [-0.2, -0.15) is 0 Å². The first kappa shape index (κ1) is 13.5. The van der Waals surface area contributed by atoms with E-state index in [1.165, 1.54) is 0 Å². The summed E-state index contributed by atoms with van der Waals surface area (Å²) < 4.78 is 10.8. The molecule has 0 spiro atoms. The first-order valence-corrected chi connectivity index (χ1v) is 6.65. The molecule has 0 bridgehead atoms. The van der Waals surface area contributed by atoms with Gasteiger partial charge in [0.05, 0.1) is 14.2 Å². The Morgan fingerprint density at radius 2 is 2.06 bits per heavy atom. The van der Waals surface area contributed by atoms with Crippen LogP contribution in [-0.2, 0) is 6.42 Å². The maximum atomic E-state index is 6.35. The van der Waals surface area contributed by atoms with Crippen LogP contribution < -0.4 is 15.2 Å². The van der Waals surface area contributed by atoms with Crippen LogP contribution in [-0.4, -0.2) is 14.2 Å². The Balaban J connectivity index is 2.62. The Hall–Kier alpha value is -0.930. The number of fused-ring (bicyclic) bond motifs is 1. The molecule has 2 unspecified atom stereocenters. The lowest BCUT2D eigenvalue weighted by molar-refractivity contribution is 0.347. The second kappa shape index (κ2) is 5.37. The monoisotopic (exact) mass is 269 g/mol. The Bertz CT molecular complexity index is 448. The molecule has 1 aromatic rings. The summed E-state index contributed by atoms with van der Waals surface area (Å²) in [6.45, 7) is 2.23. The maximum absolute atomic E-state index is 6.35. The zero-order chi connectivity index (χ0) is 13.3. The minimum absolute atomic E-state index is 0.0416. The summed E-state index contributed by atoms with van der Waals surface area (Å²) in [6.07, 6.45) is 3.01. The van der Waals surface area contributed by atoms with E-state index in [0.29, 0.717) is 11.7 Å². The highest BCUT2D eigenvalue weighted by atomic mass is 35.5. The number of ether oxygens (including phenoxy) is 2. The fraction of sp³-hybridized carbons (Fsp3) is 0.571. The number of hydrogen-bond acceptors (Lipinski definition) is 3. The molecule has 2 atom stereocenters. The van der Waals surface area contributed by atoms with E-state index in [-0.39, 0.29) is 6.04 Å². The van der Waals surface area contributed by atoms with Crippen molar-refractivity contribution >= 4 is 11.6 Å². The van der Waals surface area contributed by atoms with Crippen LogP contribution in [0.15, 0.2) is 6.07 Å². The standard InChI is InChI=1S/C14H20ClNO2/c1-8-4-5-9-10(15)7-12(17-2)14(18-3)13(9)11(16)6-8/h7-8,11H,4-6,16H2,1-3H3. The van der Waals surface area contributed by atoms with Gasteiger partial charge in [0.1, 0.15) is 0 Å². The minimum atomic E-state index is -0.0416. The second-order valence-electron chi connectivity index (χ2n) is 4.97. The minimum Gasteiger partial charge on any atom is -0.493 e. The predicted molar refractivity (Wildman–Crippen MR) is 73.6 cm³/mol. The molecule has 2 N–H and O–H groups in total. The smallest absolute Gasteiger partial charge is 0.165 e. The SMILES string of the molecule is COc1cc(Cl)c2c(c1OC)C(N)CC(C)CC2. The lowest BCUT2D eigenvalue weighted by atomic mass is 9.96. The van der Waals surface area contributed by atoms with Crippen LogP contribution in [0.3, 0.4) is 0 Å². The normalized spacial score (nSPS) is 23.2. The molecule has 1 aromatic carbocycles. The third-order valence-corrected chi connectivity index (χ3v) is 4.02. The molecule has 0 fully saturated rings. The summed E-state index contributed by atoms with van der Waals surface area (Å²) >= 11 is 6.35. The quantitative estimate of drug-likeness (QED) is 0.838.